The molecule has 0 aliphatic heterocycles. The molecule has 1 atom stereocenters. The van der Waals surface area contributed by atoms with Gasteiger partial charge >= 0.3 is 0 Å². The highest BCUT2D eigenvalue weighted by Gasteiger charge is 2.12. The maximum Gasteiger partial charge on any atom is 0.269 e. The molecule has 26 heavy (non-hydrogen) atoms. The average Bonchev–Trinajstić information content (AvgIpc) is 2.67. The molecule has 2 rings (SSSR count). The van der Waals surface area contributed by atoms with Crippen molar-refractivity contribution >= 4 is 17.7 Å². The first-order valence-corrected chi connectivity index (χ1v) is 7.90. The fourth-order valence-electron chi connectivity index (χ4n) is 2.31. The molecule has 2 aromatic carbocycles. The van der Waals surface area contributed by atoms with E-state index in [1.165, 1.54) is 18.2 Å². The Labute approximate surface area is 151 Å². The summed E-state index contributed by atoms with van der Waals surface area (Å²) < 4.78 is 10.6. The molecule has 1 amide bonds. The summed E-state index contributed by atoms with van der Waals surface area (Å²) in [6.45, 7) is 0.299. The Morgan fingerprint density at radius 3 is 2.58 bits per heavy atom. The number of ether oxygens (including phenoxy) is 2. The number of methoxy groups -OCH3 is 2. The number of non-ortho nitro benzene ring substituents is 1. The number of nitrogens with zero attached hydrogens (tertiary/aromatic N) is 1. The van der Waals surface area contributed by atoms with Crippen molar-refractivity contribution in [1.82, 2.24) is 5.32 Å². The van der Waals surface area contributed by atoms with E-state index in [9.17, 15) is 14.9 Å². The van der Waals surface area contributed by atoms with Crippen LogP contribution in [-0.2, 0) is 9.53 Å². The molecule has 0 saturated carbocycles. The van der Waals surface area contributed by atoms with Crippen LogP contribution >= 0.6 is 0 Å². The molecule has 0 bridgehead atoms. The smallest absolute Gasteiger partial charge is 0.269 e. The number of rotatable bonds is 8. The first-order valence-electron chi connectivity index (χ1n) is 7.90. The Balaban J connectivity index is 1.92. The molecule has 2 aromatic rings. The minimum atomic E-state index is -0.469. The van der Waals surface area contributed by atoms with Crippen molar-refractivity contribution < 1.29 is 19.2 Å². The van der Waals surface area contributed by atoms with Gasteiger partial charge in [0.1, 0.15) is 5.75 Å². The third-order valence-electron chi connectivity index (χ3n) is 3.74. The van der Waals surface area contributed by atoms with E-state index >= 15 is 0 Å². The predicted molar refractivity (Wildman–Crippen MR) is 97.9 cm³/mol. The molecule has 0 aromatic heterocycles. The first-order chi connectivity index (χ1) is 12.5. The second-order valence-electron chi connectivity index (χ2n) is 5.43. The molecular formula is C19H20N2O5. The standard InChI is InChI=1S/C19H20N2O5/c1-25-17-5-3-4-15(12-17)18(26-2)13-20-19(22)11-8-14-6-9-16(10-7-14)21(23)24/h3-12,18H,13H2,1-2H3,(H,20,22)/b11-8+. The maximum absolute atomic E-state index is 12.0. The predicted octanol–water partition coefficient (Wildman–Crippen LogP) is 3.12. The van der Waals surface area contributed by atoms with E-state index in [4.69, 9.17) is 9.47 Å². The second-order valence-corrected chi connectivity index (χ2v) is 5.43. The number of nitro groups is 1. The molecule has 0 fully saturated rings. The number of hydrogen-bond donors (Lipinski definition) is 1. The van der Waals surface area contributed by atoms with Crippen LogP contribution in [0.15, 0.2) is 54.6 Å². The Morgan fingerprint density at radius 2 is 1.96 bits per heavy atom. The van der Waals surface area contributed by atoms with Crippen LogP contribution in [0.1, 0.15) is 17.2 Å². The summed E-state index contributed by atoms with van der Waals surface area (Å²) in [5.41, 5.74) is 1.60. The van der Waals surface area contributed by atoms with Crippen molar-refractivity contribution in [3.05, 3.63) is 75.8 Å². The molecule has 0 saturated heterocycles. The Morgan fingerprint density at radius 1 is 1.23 bits per heavy atom. The molecule has 0 radical (unpaired) electrons. The van der Waals surface area contributed by atoms with Crippen molar-refractivity contribution in [1.29, 1.82) is 0 Å². The summed E-state index contributed by atoms with van der Waals surface area (Å²) in [6, 6.07) is 13.4. The maximum atomic E-state index is 12.0. The van der Waals surface area contributed by atoms with Crippen molar-refractivity contribution in [2.24, 2.45) is 0 Å². The van der Waals surface area contributed by atoms with E-state index in [2.05, 4.69) is 5.32 Å². The number of nitrogens with one attached hydrogen (secondary N) is 1. The lowest BCUT2D eigenvalue weighted by atomic mass is 10.1. The van der Waals surface area contributed by atoms with E-state index in [0.29, 0.717) is 17.9 Å². The van der Waals surface area contributed by atoms with Gasteiger partial charge in [-0.1, -0.05) is 12.1 Å². The molecular weight excluding hydrogens is 336 g/mol. The summed E-state index contributed by atoms with van der Waals surface area (Å²) in [5.74, 6) is 0.433. The molecule has 136 valence electrons. The zero-order valence-corrected chi connectivity index (χ0v) is 14.5. The normalized spacial score (nSPS) is 11.9. The van der Waals surface area contributed by atoms with Gasteiger partial charge in [0, 0.05) is 31.9 Å². The minimum Gasteiger partial charge on any atom is -0.497 e. The van der Waals surface area contributed by atoms with Crippen molar-refractivity contribution in [3.63, 3.8) is 0 Å². The van der Waals surface area contributed by atoms with E-state index in [1.807, 2.05) is 24.3 Å². The Kier molecular flexibility index (Phi) is 6.87. The highest BCUT2D eigenvalue weighted by molar-refractivity contribution is 5.91. The monoisotopic (exact) mass is 356 g/mol. The summed E-state index contributed by atoms with van der Waals surface area (Å²) in [4.78, 5) is 22.1. The fourth-order valence-corrected chi connectivity index (χ4v) is 2.31. The van der Waals surface area contributed by atoms with Gasteiger partial charge < -0.3 is 14.8 Å². The van der Waals surface area contributed by atoms with Gasteiger partial charge in [0.2, 0.25) is 5.91 Å². The second kappa shape index (κ2) is 9.33. The van der Waals surface area contributed by atoms with Crippen LogP contribution in [0.5, 0.6) is 5.75 Å². The zero-order valence-electron chi connectivity index (χ0n) is 14.5. The lowest BCUT2D eigenvalue weighted by Crippen LogP contribution is -2.27. The SMILES string of the molecule is COc1cccc(C(CNC(=O)/C=C/c2ccc([N+](=O)[O-])cc2)OC)c1. The van der Waals surface area contributed by atoms with Crippen LogP contribution in [0, 0.1) is 10.1 Å². The molecule has 0 aliphatic carbocycles. The average molecular weight is 356 g/mol. The lowest BCUT2D eigenvalue weighted by Gasteiger charge is -2.16. The summed E-state index contributed by atoms with van der Waals surface area (Å²) in [7, 11) is 3.16. The largest absolute Gasteiger partial charge is 0.497 e. The molecule has 7 nitrogen and oxygen atoms in total. The van der Waals surface area contributed by atoms with Gasteiger partial charge in [-0.2, -0.15) is 0 Å². The van der Waals surface area contributed by atoms with E-state index < -0.39 is 4.92 Å². The summed E-state index contributed by atoms with van der Waals surface area (Å²) >= 11 is 0. The third-order valence-corrected chi connectivity index (χ3v) is 3.74. The van der Waals surface area contributed by atoms with E-state index in [0.717, 1.165) is 5.56 Å². The number of nitro benzene ring substituents is 1. The molecule has 0 spiro atoms. The molecule has 7 heteroatoms. The van der Waals surface area contributed by atoms with Gasteiger partial charge in [0.15, 0.2) is 0 Å². The number of carbonyl (C=O) groups is 1. The first kappa shape index (κ1) is 19.1. The topological polar surface area (TPSA) is 90.7 Å². The fraction of sp³-hybridized carbons (Fsp3) is 0.211. The van der Waals surface area contributed by atoms with E-state index in [-0.39, 0.29) is 17.7 Å². The number of carbonyl (C=O) groups excluding carboxylic acids is 1. The van der Waals surface area contributed by atoms with Gasteiger partial charge in [-0.15, -0.1) is 0 Å². The molecule has 0 aliphatic rings. The van der Waals surface area contributed by atoms with Crippen LogP contribution in [0.4, 0.5) is 5.69 Å². The highest BCUT2D eigenvalue weighted by Crippen LogP contribution is 2.21. The van der Waals surface area contributed by atoms with Crippen molar-refractivity contribution in [2.75, 3.05) is 20.8 Å². The van der Waals surface area contributed by atoms with E-state index in [1.54, 1.807) is 32.4 Å². The van der Waals surface area contributed by atoms with Crippen molar-refractivity contribution in [3.8, 4) is 5.75 Å². The summed E-state index contributed by atoms with van der Waals surface area (Å²) in [5, 5.41) is 13.4. The quantitative estimate of drug-likeness (QED) is 0.446. The summed E-state index contributed by atoms with van der Waals surface area (Å²) in [6.07, 6.45) is 2.66. The molecule has 1 N–H and O–H groups in total. The van der Waals surface area contributed by atoms with Crippen LogP contribution in [0.3, 0.4) is 0 Å². The van der Waals surface area contributed by atoms with Crippen LogP contribution in [-0.4, -0.2) is 31.6 Å². The number of amides is 1. The lowest BCUT2D eigenvalue weighted by molar-refractivity contribution is -0.384. The number of hydrogen-bond acceptors (Lipinski definition) is 5. The van der Waals surface area contributed by atoms with Gasteiger partial charge in [0.25, 0.3) is 5.69 Å². The minimum absolute atomic E-state index is 0.00725. The van der Waals surface area contributed by atoms with Gasteiger partial charge in [-0.05, 0) is 41.5 Å². The van der Waals surface area contributed by atoms with Gasteiger partial charge in [-0.3, -0.25) is 14.9 Å². The Bertz CT molecular complexity index is 787. The highest BCUT2D eigenvalue weighted by atomic mass is 16.6. The molecule has 0 heterocycles. The van der Waals surface area contributed by atoms with Crippen LogP contribution in [0.2, 0.25) is 0 Å². The third kappa shape index (κ3) is 5.42. The van der Waals surface area contributed by atoms with Crippen LogP contribution < -0.4 is 10.1 Å². The van der Waals surface area contributed by atoms with Crippen molar-refractivity contribution in [2.45, 2.75) is 6.10 Å². The van der Waals surface area contributed by atoms with Gasteiger partial charge in [0.05, 0.1) is 18.1 Å². The zero-order chi connectivity index (χ0) is 18.9. The number of benzene rings is 2. The Hall–Kier alpha value is -3.19. The van der Waals surface area contributed by atoms with Gasteiger partial charge in [-0.25, -0.2) is 0 Å². The van der Waals surface area contributed by atoms with Crippen LogP contribution in [0.25, 0.3) is 6.08 Å². The molecule has 1 unspecified atom stereocenters.